The summed E-state index contributed by atoms with van der Waals surface area (Å²) < 4.78 is 0. The summed E-state index contributed by atoms with van der Waals surface area (Å²) in [6, 6.07) is 0.426. The maximum absolute atomic E-state index is 10.7. The van der Waals surface area contributed by atoms with Crippen LogP contribution in [-0.4, -0.2) is 36.1 Å². The molecule has 1 atom stereocenters. The summed E-state index contributed by atoms with van der Waals surface area (Å²) in [6.45, 7) is 2.26. The third-order valence-electron chi connectivity index (χ3n) is 4.31. The monoisotopic (exact) mass is 299 g/mol. The molecule has 3 nitrogen and oxygen atoms in total. The average molecular weight is 299 g/mol. The van der Waals surface area contributed by atoms with Gasteiger partial charge >= 0.3 is 5.97 Å². The Bertz CT molecular complexity index is 241. The van der Waals surface area contributed by atoms with E-state index in [0.29, 0.717) is 12.5 Å². The van der Waals surface area contributed by atoms with Crippen molar-refractivity contribution in [3.8, 4) is 0 Å². The van der Waals surface area contributed by atoms with Crippen LogP contribution in [0.25, 0.3) is 0 Å². The first-order valence-electron chi connectivity index (χ1n) is 8.96. The topological polar surface area (TPSA) is 40.5 Å². The van der Waals surface area contributed by atoms with Gasteiger partial charge in [-0.1, -0.05) is 71.1 Å². The first kappa shape index (κ1) is 20.4. The Kier molecular flexibility index (Phi) is 14.0. The maximum Gasteiger partial charge on any atom is 0.303 e. The van der Waals surface area contributed by atoms with Crippen LogP contribution in [0.2, 0.25) is 0 Å². The summed E-state index contributed by atoms with van der Waals surface area (Å²) in [5.41, 5.74) is 0. The van der Waals surface area contributed by atoms with Crippen molar-refractivity contribution in [2.24, 2.45) is 0 Å². The molecule has 0 aromatic carbocycles. The number of nitrogens with zero attached hydrogens (tertiary/aromatic N) is 1. The van der Waals surface area contributed by atoms with Gasteiger partial charge in [0.15, 0.2) is 0 Å². The minimum absolute atomic E-state index is 0.292. The van der Waals surface area contributed by atoms with Gasteiger partial charge in [-0.05, 0) is 26.9 Å². The van der Waals surface area contributed by atoms with E-state index in [1.165, 1.54) is 64.2 Å². The molecule has 0 bridgehead atoms. The van der Waals surface area contributed by atoms with Gasteiger partial charge in [-0.25, -0.2) is 0 Å². The molecule has 0 aromatic rings. The first-order chi connectivity index (χ1) is 10.1. The number of carbonyl (C=O) groups is 1. The van der Waals surface area contributed by atoms with Crippen LogP contribution in [0, 0.1) is 0 Å². The lowest BCUT2D eigenvalue weighted by atomic mass is 10.0. The first-order valence-corrected chi connectivity index (χ1v) is 8.96. The average Bonchev–Trinajstić information content (AvgIpc) is 2.43. The minimum Gasteiger partial charge on any atom is -0.481 e. The van der Waals surface area contributed by atoms with Gasteiger partial charge < -0.3 is 10.0 Å². The van der Waals surface area contributed by atoms with Crippen molar-refractivity contribution in [3.63, 3.8) is 0 Å². The predicted octanol–water partition coefficient (Wildman–Crippen LogP) is 5.09. The molecule has 0 aromatic heterocycles. The second-order valence-electron chi connectivity index (χ2n) is 6.52. The molecule has 0 heterocycles. The van der Waals surface area contributed by atoms with Gasteiger partial charge in [0.1, 0.15) is 0 Å². The molecule has 0 spiro atoms. The molecule has 0 saturated heterocycles. The molecule has 0 saturated carbocycles. The van der Waals surface area contributed by atoms with Crippen molar-refractivity contribution in [2.75, 3.05) is 14.1 Å². The number of carboxylic acids is 1. The standard InChI is InChI=1S/C18H37NO2/c1-4-5-6-7-8-9-10-11-12-13-14-17(19(2)3)15-16-18(20)21/h17H,4-16H2,1-3H3,(H,20,21). The molecule has 0 fully saturated rings. The highest BCUT2D eigenvalue weighted by Gasteiger charge is 2.12. The third-order valence-corrected chi connectivity index (χ3v) is 4.31. The normalized spacial score (nSPS) is 12.8. The van der Waals surface area contributed by atoms with E-state index in [1.54, 1.807) is 0 Å². The molecular weight excluding hydrogens is 262 g/mol. The van der Waals surface area contributed by atoms with E-state index < -0.39 is 5.97 Å². The second-order valence-corrected chi connectivity index (χ2v) is 6.52. The van der Waals surface area contributed by atoms with E-state index >= 15 is 0 Å². The zero-order valence-corrected chi connectivity index (χ0v) is 14.6. The van der Waals surface area contributed by atoms with E-state index in [2.05, 4.69) is 25.9 Å². The summed E-state index contributed by atoms with van der Waals surface area (Å²) in [5.74, 6) is -0.676. The molecule has 21 heavy (non-hydrogen) atoms. The molecule has 0 rings (SSSR count). The molecule has 1 N–H and O–H groups in total. The van der Waals surface area contributed by atoms with Crippen LogP contribution in [0.5, 0.6) is 0 Å². The van der Waals surface area contributed by atoms with Gasteiger partial charge in [-0.15, -0.1) is 0 Å². The Morgan fingerprint density at radius 3 is 1.76 bits per heavy atom. The van der Waals surface area contributed by atoms with Crippen molar-refractivity contribution >= 4 is 5.97 Å². The van der Waals surface area contributed by atoms with Gasteiger partial charge in [0.25, 0.3) is 0 Å². The van der Waals surface area contributed by atoms with Crippen LogP contribution < -0.4 is 0 Å². The molecule has 126 valence electrons. The van der Waals surface area contributed by atoms with Crippen molar-refractivity contribution in [1.82, 2.24) is 4.90 Å². The number of unbranched alkanes of at least 4 members (excludes halogenated alkanes) is 9. The van der Waals surface area contributed by atoms with Crippen LogP contribution in [0.4, 0.5) is 0 Å². The van der Waals surface area contributed by atoms with E-state index in [-0.39, 0.29) is 0 Å². The van der Waals surface area contributed by atoms with E-state index in [0.717, 1.165) is 12.8 Å². The SMILES string of the molecule is CCCCCCCCCCCCC(CCC(=O)O)N(C)C. The highest BCUT2D eigenvalue weighted by atomic mass is 16.4. The molecule has 1 unspecified atom stereocenters. The Balaban J connectivity index is 3.43. The minimum atomic E-state index is -0.676. The Morgan fingerprint density at radius 1 is 0.857 bits per heavy atom. The smallest absolute Gasteiger partial charge is 0.303 e. The molecule has 0 aliphatic carbocycles. The number of hydrogen-bond acceptors (Lipinski definition) is 2. The Morgan fingerprint density at radius 2 is 1.33 bits per heavy atom. The quantitative estimate of drug-likeness (QED) is 0.428. The van der Waals surface area contributed by atoms with Crippen molar-refractivity contribution in [1.29, 1.82) is 0 Å². The maximum atomic E-state index is 10.7. The largest absolute Gasteiger partial charge is 0.481 e. The zero-order chi connectivity index (χ0) is 15.9. The predicted molar refractivity (Wildman–Crippen MR) is 90.8 cm³/mol. The summed E-state index contributed by atoms with van der Waals surface area (Å²) >= 11 is 0. The van der Waals surface area contributed by atoms with Crippen LogP contribution in [0.3, 0.4) is 0 Å². The summed E-state index contributed by atoms with van der Waals surface area (Å²) in [5, 5.41) is 8.77. The van der Waals surface area contributed by atoms with Crippen LogP contribution in [-0.2, 0) is 4.79 Å². The summed E-state index contributed by atoms with van der Waals surface area (Å²) in [7, 11) is 4.12. The van der Waals surface area contributed by atoms with Crippen molar-refractivity contribution in [2.45, 2.75) is 96.4 Å². The fraction of sp³-hybridized carbons (Fsp3) is 0.944. The van der Waals surface area contributed by atoms with Crippen molar-refractivity contribution < 1.29 is 9.90 Å². The van der Waals surface area contributed by atoms with Crippen LogP contribution >= 0.6 is 0 Å². The Labute approximate surface area is 132 Å². The highest BCUT2D eigenvalue weighted by molar-refractivity contribution is 5.66. The molecule has 0 aliphatic heterocycles. The summed E-state index contributed by atoms with van der Waals surface area (Å²) in [4.78, 5) is 12.8. The number of aliphatic carboxylic acids is 1. The molecular formula is C18H37NO2. The van der Waals surface area contributed by atoms with Gasteiger partial charge in [-0.3, -0.25) is 4.79 Å². The zero-order valence-electron chi connectivity index (χ0n) is 14.6. The highest BCUT2D eigenvalue weighted by Crippen LogP contribution is 2.15. The fourth-order valence-corrected chi connectivity index (χ4v) is 2.82. The van der Waals surface area contributed by atoms with Gasteiger partial charge in [0, 0.05) is 12.5 Å². The van der Waals surface area contributed by atoms with E-state index in [9.17, 15) is 4.79 Å². The van der Waals surface area contributed by atoms with Gasteiger partial charge in [0.2, 0.25) is 0 Å². The summed E-state index contributed by atoms with van der Waals surface area (Å²) in [6.07, 6.45) is 15.8. The molecule has 0 radical (unpaired) electrons. The van der Waals surface area contributed by atoms with E-state index in [1.807, 2.05) is 0 Å². The van der Waals surface area contributed by atoms with Gasteiger partial charge in [0.05, 0.1) is 0 Å². The fourth-order valence-electron chi connectivity index (χ4n) is 2.82. The Hall–Kier alpha value is -0.570. The molecule has 0 aliphatic rings. The van der Waals surface area contributed by atoms with Crippen LogP contribution in [0.15, 0.2) is 0 Å². The molecule has 3 heteroatoms. The number of rotatable bonds is 15. The number of hydrogen-bond donors (Lipinski definition) is 1. The molecule has 0 amide bonds. The van der Waals surface area contributed by atoms with E-state index in [4.69, 9.17) is 5.11 Å². The lowest BCUT2D eigenvalue weighted by molar-refractivity contribution is -0.137. The van der Waals surface area contributed by atoms with Crippen LogP contribution in [0.1, 0.15) is 90.4 Å². The third kappa shape index (κ3) is 14.1. The van der Waals surface area contributed by atoms with Gasteiger partial charge in [-0.2, -0.15) is 0 Å². The second kappa shape index (κ2) is 14.4. The number of carboxylic acid groups (broad SMARTS) is 1. The van der Waals surface area contributed by atoms with Crippen molar-refractivity contribution in [3.05, 3.63) is 0 Å². The lowest BCUT2D eigenvalue weighted by Crippen LogP contribution is -2.28. The lowest BCUT2D eigenvalue weighted by Gasteiger charge is -2.23.